The topological polar surface area (TPSA) is 66.6 Å². The normalized spacial score (nSPS) is 23.0. The lowest BCUT2D eigenvalue weighted by Gasteiger charge is -2.43. The Kier molecular flexibility index (Phi) is 6.48. The minimum Gasteiger partial charge on any atom is -0.367 e. The third kappa shape index (κ3) is 4.57. The van der Waals surface area contributed by atoms with Gasteiger partial charge in [-0.15, -0.1) is 0 Å². The molecule has 39 heavy (non-hydrogen) atoms. The summed E-state index contributed by atoms with van der Waals surface area (Å²) in [5, 5.41) is 11.8. The second-order valence-corrected chi connectivity index (χ2v) is 11.3. The summed E-state index contributed by atoms with van der Waals surface area (Å²) in [6, 6.07) is 17.6. The van der Waals surface area contributed by atoms with Crippen molar-refractivity contribution in [2.75, 3.05) is 44.3 Å². The Bertz CT molecular complexity index is 1530. The number of fused-ring (bicyclic) bond motifs is 2. The Morgan fingerprint density at radius 2 is 1.74 bits per heavy atom. The molecule has 3 aliphatic rings. The van der Waals surface area contributed by atoms with Crippen molar-refractivity contribution in [3.05, 3.63) is 71.5 Å². The number of aryl methyl sites for hydroxylation is 1. The molecule has 3 fully saturated rings. The number of rotatable bonds is 4. The van der Waals surface area contributed by atoms with Crippen molar-refractivity contribution >= 4 is 27.5 Å². The third-order valence-corrected chi connectivity index (χ3v) is 9.06. The summed E-state index contributed by atoms with van der Waals surface area (Å²) < 4.78 is 13.9. The van der Waals surface area contributed by atoms with Crippen molar-refractivity contribution in [1.29, 1.82) is 5.26 Å². The van der Waals surface area contributed by atoms with E-state index in [0.717, 1.165) is 48.2 Å². The van der Waals surface area contributed by atoms with E-state index in [0.29, 0.717) is 25.2 Å². The Morgan fingerprint density at radius 3 is 2.51 bits per heavy atom. The maximum absolute atomic E-state index is 9.41. The van der Waals surface area contributed by atoms with Crippen molar-refractivity contribution in [3.8, 4) is 6.07 Å². The van der Waals surface area contributed by atoms with Crippen LogP contribution in [0.25, 0.3) is 21.8 Å². The highest BCUT2D eigenvalue weighted by molar-refractivity contribution is 5.91. The van der Waals surface area contributed by atoms with Gasteiger partial charge in [0.1, 0.15) is 0 Å². The monoisotopic (exact) mass is 521 g/mol. The van der Waals surface area contributed by atoms with Gasteiger partial charge >= 0.3 is 0 Å². The number of aromatic nitrogens is 2. The van der Waals surface area contributed by atoms with Gasteiger partial charge in [0.15, 0.2) is 6.29 Å². The van der Waals surface area contributed by atoms with E-state index in [-0.39, 0.29) is 6.29 Å². The van der Waals surface area contributed by atoms with Crippen molar-refractivity contribution < 1.29 is 9.47 Å². The van der Waals surface area contributed by atoms with Gasteiger partial charge < -0.3 is 18.9 Å². The van der Waals surface area contributed by atoms with Gasteiger partial charge in [-0.05, 0) is 73.6 Å². The van der Waals surface area contributed by atoms with Gasteiger partial charge in [-0.1, -0.05) is 6.07 Å². The number of piperazine rings is 1. The highest BCUT2D eigenvalue weighted by Gasteiger charge is 2.31. The quantitative estimate of drug-likeness (QED) is 0.354. The Labute approximate surface area is 229 Å². The predicted octanol–water partition coefficient (Wildman–Crippen LogP) is 5.49. The molecule has 0 radical (unpaired) electrons. The summed E-state index contributed by atoms with van der Waals surface area (Å²) in [5.74, 6) is 0.570. The number of benzene rings is 2. The first-order valence-electron chi connectivity index (χ1n) is 14.3. The van der Waals surface area contributed by atoms with E-state index in [4.69, 9.17) is 14.5 Å². The maximum atomic E-state index is 9.41. The Hall–Kier alpha value is -3.44. The van der Waals surface area contributed by atoms with Gasteiger partial charge in [-0.25, -0.2) is 0 Å². The number of nitrogens with zero attached hydrogens (tertiary/aromatic N) is 5. The van der Waals surface area contributed by atoms with Crippen LogP contribution in [0.1, 0.15) is 54.6 Å². The fraction of sp³-hybridized carbons (Fsp3) is 0.438. The van der Waals surface area contributed by atoms with E-state index in [1.54, 1.807) is 0 Å². The molecule has 7 nitrogen and oxygen atoms in total. The molecule has 4 heterocycles. The smallest absolute Gasteiger partial charge is 0.184 e. The van der Waals surface area contributed by atoms with Gasteiger partial charge in [-0.2, -0.15) is 5.26 Å². The number of hydrogen-bond donors (Lipinski definition) is 0. The molecule has 1 saturated carbocycles. The lowest BCUT2D eigenvalue weighted by molar-refractivity contribution is -0.0440. The second kappa shape index (κ2) is 10.3. The summed E-state index contributed by atoms with van der Waals surface area (Å²) in [6.07, 6.45) is 8.78. The molecule has 7 rings (SSSR count). The van der Waals surface area contributed by atoms with Crippen molar-refractivity contribution in [1.82, 2.24) is 14.5 Å². The minimum atomic E-state index is -0.280. The van der Waals surface area contributed by atoms with E-state index < -0.39 is 0 Å². The molecule has 2 saturated heterocycles. The number of nitriles is 1. The van der Waals surface area contributed by atoms with Crippen LogP contribution in [0.2, 0.25) is 0 Å². The summed E-state index contributed by atoms with van der Waals surface area (Å²) in [7, 11) is 2.12. The highest BCUT2D eigenvalue weighted by atomic mass is 16.7. The largest absolute Gasteiger partial charge is 0.367 e. The number of pyridine rings is 1. The van der Waals surface area contributed by atoms with Crippen LogP contribution in [0.5, 0.6) is 0 Å². The highest BCUT2D eigenvalue weighted by Crippen LogP contribution is 2.39. The molecule has 0 bridgehead atoms. The average Bonchev–Trinajstić information content (AvgIpc) is 3.65. The summed E-state index contributed by atoms with van der Waals surface area (Å²) in [4.78, 5) is 9.96. The van der Waals surface area contributed by atoms with Crippen LogP contribution >= 0.6 is 0 Å². The molecule has 200 valence electrons. The molecular formula is C32H35N5O2. The van der Waals surface area contributed by atoms with Gasteiger partial charge in [0.25, 0.3) is 0 Å². The summed E-state index contributed by atoms with van der Waals surface area (Å²) in [5.41, 5.74) is 6.72. The van der Waals surface area contributed by atoms with Crippen LogP contribution in [0.3, 0.4) is 0 Å². The summed E-state index contributed by atoms with van der Waals surface area (Å²) in [6.45, 7) is 5.44. The first-order chi connectivity index (χ1) is 19.2. The lowest BCUT2D eigenvalue weighted by Crippen LogP contribution is -2.51. The zero-order valence-electron chi connectivity index (χ0n) is 22.6. The van der Waals surface area contributed by atoms with E-state index in [1.807, 2.05) is 18.3 Å². The zero-order valence-corrected chi connectivity index (χ0v) is 22.6. The first-order valence-corrected chi connectivity index (χ1v) is 14.3. The van der Waals surface area contributed by atoms with Crippen LogP contribution in [-0.4, -0.2) is 59.9 Å². The van der Waals surface area contributed by atoms with Gasteiger partial charge in [0, 0.05) is 73.5 Å². The van der Waals surface area contributed by atoms with Gasteiger partial charge in [0.2, 0.25) is 0 Å². The number of anilines is 1. The fourth-order valence-electron chi connectivity index (χ4n) is 7.02. The van der Waals surface area contributed by atoms with Crippen molar-refractivity contribution in [2.45, 2.75) is 43.9 Å². The van der Waals surface area contributed by atoms with Crippen LogP contribution < -0.4 is 4.90 Å². The molecule has 2 aromatic carbocycles. The molecule has 7 heteroatoms. The molecule has 0 spiro atoms. The van der Waals surface area contributed by atoms with Crippen LogP contribution in [0, 0.1) is 11.3 Å². The molecule has 1 aliphatic carbocycles. The SMILES string of the molecule is Cn1cc(C2CCC(N3CCN(c4cc(C5OCCO5)cc5cccnc45)CC3)CC2)c2cc(C#N)ccc21. The van der Waals surface area contributed by atoms with Crippen molar-refractivity contribution in [2.24, 2.45) is 7.05 Å². The van der Waals surface area contributed by atoms with E-state index in [2.05, 4.69) is 64.0 Å². The zero-order chi connectivity index (χ0) is 26.3. The van der Waals surface area contributed by atoms with E-state index >= 15 is 0 Å². The molecule has 2 aromatic heterocycles. The Morgan fingerprint density at radius 1 is 0.949 bits per heavy atom. The maximum Gasteiger partial charge on any atom is 0.184 e. The molecule has 4 aromatic rings. The molecule has 0 N–H and O–H groups in total. The molecule has 0 amide bonds. The van der Waals surface area contributed by atoms with Gasteiger partial charge in [0.05, 0.1) is 36.1 Å². The second-order valence-electron chi connectivity index (χ2n) is 11.3. The van der Waals surface area contributed by atoms with Crippen LogP contribution in [-0.2, 0) is 16.5 Å². The Balaban J connectivity index is 1.03. The third-order valence-electron chi connectivity index (χ3n) is 9.06. The standard InChI is InChI=1S/C32H35N5O2/c1-35-21-28(27-17-22(20-33)4-9-29(27)35)23-5-7-26(8-6-23)36-11-13-37(14-12-36)30-19-25(32-38-15-16-39-32)18-24-3-2-10-34-31(24)30/h2-4,9-10,17-19,21,23,26,32H,5-8,11-16H2,1H3. The predicted molar refractivity (Wildman–Crippen MR) is 153 cm³/mol. The molecule has 0 unspecified atom stereocenters. The minimum absolute atomic E-state index is 0.280. The van der Waals surface area contributed by atoms with E-state index in [9.17, 15) is 5.26 Å². The lowest BCUT2D eigenvalue weighted by atomic mass is 9.81. The average molecular weight is 522 g/mol. The molecule has 0 atom stereocenters. The van der Waals surface area contributed by atoms with Crippen LogP contribution in [0.15, 0.2) is 54.9 Å². The van der Waals surface area contributed by atoms with Crippen LogP contribution in [0.4, 0.5) is 5.69 Å². The first kappa shape index (κ1) is 24.6. The summed E-state index contributed by atoms with van der Waals surface area (Å²) >= 11 is 0. The molecule has 2 aliphatic heterocycles. The number of hydrogen-bond acceptors (Lipinski definition) is 6. The van der Waals surface area contributed by atoms with E-state index in [1.165, 1.54) is 47.8 Å². The van der Waals surface area contributed by atoms with Gasteiger partial charge in [-0.3, -0.25) is 9.88 Å². The fourth-order valence-corrected chi connectivity index (χ4v) is 7.02. The molecular weight excluding hydrogens is 486 g/mol. The number of ether oxygens (including phenoxy) is 2. The van der Waals surface area contributed by atoms with Crippen molar-refractivity contribution in [3.63, 3.8) is 0 Å².